The molecule has 0 aromatic carbocycles. The van der Waals surface area contributed by atoms with Gasteiger partial charge < -0.3 is 0 Å². The predicted octanol–water partition coefficient (Wildman–Crippen LogP) is 3.31. The molecule has 60 valence electrons. The Labute approximate surface area is 70.0 Å². The molecule has 0 unspecified atom stereocenters. The van der Waals surface area contributed by atoms with E-state index in [1.54, 1.807) is 0 Å². The van der Waals surface area contributed by atoms with E-state index < -0.39 is 0 Å². The average molecular weight is 148 g/mol. The Morgan fingerprint density at radius 3 is 2.45 bits per heavy atom. The normalized spacial score (nSPS) is 10.4. The van der Waals surface area contributed by atoms with Crippen molar-refractivity contribution in [2.45, 2.75) is 33.1 Å². The van der Waals surface area contributed by atoms with Crippen LogP contribution in [0.2, 0.25) is 0 Å². The Morgan fingerprint density at radius 2 is 1.82 bits per heavy atom. The van der Waals surface area contributed by atoms with Crippen LogP contribution in [-0.2, 0) is 0 Å². The van der Waals surface area contributed by atoms with Crippen LogP contribution in [0, 0.1) is 11.8 Å². The van der Waals surface area contributed by atoms with Gasteiger partial charge in [0.1, 0.15) is 0 Å². The molecular formula is C11H16. The smallest absolute Gasteiger partial charge is 0.00235 e. The minimum absolute atomic E-state index is 1.10. The van der Waals surface area contributed by atoms with Gasteiger partial charge in [-0.3, -0.25) is 0 Å². The van der Waals surface area contributed by atoms with Gasteiger partial charge in [-0.1, -0.05) is 31.1 Å². The van der Waals surface area contributed by atoms with Crippen molar-refractivity contribution in [3.63, 3.8) is 0 Å². The van der Waals surface area contributed by atoms with Crippen LogP contribution in [0.15, 0.2) is 24.3 Å². The maximum Gasteiger partial charge on any atom is -0.00235 e. The van der Waals surface area contributed by atoms with Crippen molar-refractivity contribution in [2.24, 2.45) is 0 Å². The van der Waals surface area contributed by atoms with Gasteiger partial charge in [-0.05, 0) is 32.3 Å². The summed E-state index contributed by atoms with van der Waals surface area (Å²) >= 11 is 0. The highest BCUT2D eigenvalue weighted by atomic mass is 13.8. The van der Waals surface area contributed by atoms with Crippen molar-refractivity contribution < 1.29 is 0 Å². The molecule has 0 heterocycles. The van der Waals surface area contributed by atoms with Gasteiger partial charge in [-0.15, -0.1) is 5.92 Å². The quantitative estimate of drug-likeness (QED) is 0.326. The number of unbranched alkanes of at least 4 members (excludes halogenated alkanes) is 1. The third-order valence-electron chi connectivity index (χ3n) is 1.25. The van der Waals surface area contributed by atoms with Gasteiger partial charge in [0, 0.05) is 0 Å². The van der Waals surface area contributed by atoms with Crippen LogP contribution in [0.25, 0.3) is 0 Å². The largest absolute Gasteiger partial charge is 0.102 e. The average Bonchev–Trinajstić information content (AvgIpc) is 2.03. The number of hydrogen-bond acceptors (Lipinski definition) is 0. The van der Waals surface area contributed by atoms with Crippen LogP contribution >= 0.6 is 0 Å². The molecule has 0 aliphatic heterocycles. The van der Waals surface area contributed by atoms with Crippen molar-refractivity contribution in [1.29, 1.82) is 0 Å². The fourth-order valence-corrected chi connectivity index (χ4v) is 0.703. The molecule has 0 atom stereocenters. The summed E-state index contributed by atoms with van der Waals surface area (Å²) in [4.78, 5) is 0. The lowest BCUT2D eigenvalue weighted by molar-refractivity contribution is 1.04. The highest BCUT2D eigenvalue weighted by Gasteiger charge is 1.73. The van der Waals surface area contributed by atoms with Crippen LogP contribution in [0.1, 0.15) is 33.1 Å². The Hall–Kier alpha value is -0.960. The molecule has 0 amide bonds. The molecule has 0 aliphatic rings. The molecule has 0 saturated heterocycles. The van der Waals surface area contributed by atoms with Gasteiger partial charge in [0.15, 0.2) is 0 Å². The summed E-state index contributed by atoms with van der Waals surface area (Å²) in [5.74, 6) is 5.70. The molecule has 0 aliphatic carbocycles. The van der Waals surface area contributed by atoms with E-state index in [0.29, 0.717) is 0 Å². The minimum atomic E-state index is 1.10. The van der Waals surface area contributed by atoms with E-state index in [9.17, 15) is 0 Å². The standard InChI is InChI=1S/C11H16/c1-3-5-7-9-11-10-8-6-4-2/h5,7-8,10H,3,9,11H2,1-2H3. The molecule has 0 fully saturated rings. The first-order valence-electron chi connectivity index (χ1n) is 4.14. The van der Waals surface area contributed by atoms with Gasteiger partial charge in [0.05, 0.1) is 0 Å². The molecule has 0 saturated carbocycles. The van der Waals surface area contributed by atoms with Crippen molar-refractivity contribution in [1.82, 2.24) is 0 Å². The first kappa shape index (κ1) is 10.0. The lowest BCUT2D eigenvalue weighted by Gasteiger charge is -1.83. The highest BCUT2D eigenvalue weighted by Crippen LogP contribution is 1.93. The van der Waals surface area contributed by atoms with Crippen molar-refractivity contribution in [3.8, 4) is 11.8 Å². The molecule has 0 N–H and O–H groups in total. The predicted molar refractivity (Wildman–Crippen MR) is 51.3 cm³/mol. The first-order chi connectivity index (χ1) is 5.41. The van der Waals surface area contributed by atoms with Crippen LogP contribution in [0.3, 0.4) is 0 Å². The van der Waals surface area contributed by atoms with Crippen LogP contribution in [-0.4, -0.2) is 0 Å². The SMILES string of the molecule is CC#CC=CCCC=CCC. The minimum Gasteiger partial charge on any atom is -0.102 e. The number of rotatable bonds is 4. The Kier molecular flexibility index (Phi) is 8.25. The lowest BCUT2D eigenvalue weighted by atomic mass is 10.2. The molecule has 0 heteroatoms. The second-order valence-electron chi connectivity index (χ2n) is 2.25. The monoisotopic (exact) mass is 148 g/mol. The fraction of sp³-hybridized carbons (Fsp3) is 0.455. The Balaban J connectivity index is 3.24. The lowest BCUT2D eigenvalue weighted by Crippen LogP contribution is -1.63. The third kappa shape index (κ3) is 9.04. The highest BCUT2D eigenvalue weighted by molar-refractivity contribution is 5.13. The van der Waals surface area contributed by atoms with Crippen molar-refractivity contribution in [3.05, 3.63) is 24.3 Å². The summed E-state index contributed by atoms with van der Waals surface area (Å²) in [5, 5.41) is 0. The molecule has 0 bridgehead atoms. The molecule has 0 nitrogen and oxygen atoms in total. The van der Waals surface area contributed by atoms with Crippen molar-refractivity contribution in [2.75, 3.05) is 0 Å². The Morgan fingerprint density at radius 1 is 1.09 bits per heavy atom. The summed E-state index contributed by atoms with van der Waals surface area (Å²) in [6, 6.07) is 0. The summed E-state index contributed by atoms with van der Waals surface area (Å²) in [5.41, 5.74) is 0. The summed E-state index contributed by atoms with van der Waals surface area (Å²) in [7, 11) is 0. The molecule has 0 aromatic rings. The van der Waals surface area contributed by atoms with E-state index in [-0.39, 0.29) is 0 Å². The van der Waals surface area contributed by atoms with Gasteiger partial charge in [0.2, 0.25) is 0 Å². The molecular weight excluding hydrogens is 132 g/mol. The second kappa shape index (κ2) is 9.04. The maximum absolute atomic E-state index is 2.88. The number of hydrogen-bond donors (Lipinski definition) is 0. The maximum atomic E-state index is 2.88. The van der Waals surface area contributed by atoms with Crippen molar-refractivity contribution >= 4 is 0 Å². The van der Waals surface area contributed by atoms with Crippen LogP contribution in [0.5, 0.6) is 0 Å². The van der Waals surface area contributed by atoms with E-state index in [1.165, 1.54) is 0 Å². The van der Waals surface area contributed by atoms with E-state index >= 15 is 0 Å². The van der Waals surface area contributed by atoms with Gasteiger partial charge in [-0.25, -0.2) is 0 Å². The van der Waals surface area contributed by atoms with Gasteiger partial charge >= 0.3 is 0 Å². The third-order valence-corrected chi connectivity index (χ3v) is 1.25. The van der Waals surface area contributed by atoms with E-state index in [0.717, 1.165) is 19.3 Å². The van der Waals surface area contributed by atoms with Crippen LogP contribution in [0.4, 0.5) is 0 Å². The summed E-state index contributed by atoms with van der Waals surface area (Å²) in [6.07, 6.45) is 11.8. The Bertz CT molecular complexity index is 174. The zero-order valence-corrected chi connectivity index (χ0v) is 7.43. The zero-order chi connectivity index (χ0) is 8.36. The van der Waals surface area contributed by atoms with E-state index in [1.807, 2.05) is 13.0 Å². The zero-order valence-electron chi connectivity index (χ0n) is 7.43. The summed E-state index contributed by atoms with van der Waals surface area (Å²) < 4.78 is 0. The summed E-state index contributed by atoms with van der Waals surface area (Å²) in [6.45, 7) is 4.00. The number of allylic oxidation sites excluding steroid dienone is 4. The fourth-order valence-electron chi connectivity index (χ4n) is 0.703. The van der Waals surface area contributed by atoms with E-state index in [4.69, 9.17) is 0 Å². The van der Waals surface area contributed by atoms with Gasteiger partial charge in [-0.2, -0.15) is 0 Å². The van der Waals surface area contributed by atoms with E-state index in [2.05, 4.69) is 37.0 Å². The topological polar surface area (TPSA) is 0 Å². The van der Waals surface area contributed by atoms with Crippen LogP contribution < -0.4 is 0 Å². The molecule has 0 radical (unpaired) electrons. The molecule has 0 rings (SSSR count). The molecule has 0 spiro atoms. The molecule has 11 heavy (non-hydrogen) atoms. The molecule has 0 aromatic heterocycles. The second-order valence-corrected chi connectivity index (χ2v) is 2.25. The van der Waals surface area contributed by atoms with Gasteiger partial charge in [0.25, 0.3) is 0 Å². The first-order valence-corrected chi connectivity index (χ1v) is 4.14.